The van der Waals surface area contributed by atoms with Crippen molar-refractivity contribution in [3.8, 4) is 0 Å². The summed E-state index contributed by atoms with van der Waals surface area (Å²) in [6, 6.07) is 7.79. The van der Waals surface area contributed by atoms with Crippen molar-refractivity contribution in [3.63, 3.8) is 0 Å². The molecule has 1 aliphatic heterocycles. The third-order valence-electron chi connectivity index (χ3n) is 3.69. The molecule has 18 heavy (non-hydrogen) atoms. The molecule has 0 saturated carbocycles. The van der Waals surface area contributed by atoms with E-state index in [0.717, 1.165) is 28.8 Å². The maximum atomic E-state index is 12.4. The van der Waals surface area contributed by atoms with E-state index in [0.29, 0.717) is 0 Å². The smallest absolute Gasteiger partial charge is 0.253 e. The van der Waals surface area contributed by atoms with Crippen molar-refractivity contribution in [2.45, 2.75) is 19.4 Å². The summed E-state index contributed by atoms with van der Waals surface area (Å²) in [5.41, 5.74) is 0.840. The first kappa shape index (κ1) is 13.8. The van der Waals surface area contributed by atoms with E-state index in [1.54, 1.807) is 0 Å². The van der Waals surface area contributed by atoms with E-state index in [4.69, 9.17) is 0 Å². The maximum absolute atomic E-state index is 12.4. The summed E-state index contributed by atoms with van der Waals surface area (Å²) in [6.07, 6.45) is 0. The molecule has 0 spiro atoms. The van der Waals surface area contributed by atoms with Crippen molar-refractivity contribution in [2.24, 2.45) is 0 Å². The Morgan fingerprint density at radius 2 is 1.83 bits per heavy atom. The van der Waals surface area contributed by atoms with Crippen molar-refractivity contribution in [3.05, 3.63) is 33.4 Å². The third-order valence-corrected chi connectivity index (χ3v) is 4.41. The van der Waals surface area contributed by atoms with E-state index in [-0.39, 0.29) is 11.4 Å². The molecule has 0 atom stereocenters. The SMILES string of the molecule is CN1CCN(C(=O)c2ccc(I)cc2)CC1(C)C. The molecule has 1 aromatic carbocycles. The molecule has 1 heterocycles. The Kier molecular flexibility index (Phi) is 3.96. The molecule has 0 bridgehead atoms. The number of carbonyl (C=O) groups is 1. The van der Waals surface area contributed by atoms with Gasteiger partial charge in [0.15, 0.2) is 0 Å². The van der Waals surface area contributed by atoms with Crippen molar-refractivity contribution in [1.29, 1.82) is 0 Å². The van der Waals surface area contributed by atoms with Crippen LogP contribution in [0.5, 0.6) is 0 Å². The summed E-state index contributed by atoms with van der Waals surface area (Å²) in [5, 5.41) is 0. The number of benzene rings is 1. The molecular weight excluding hydrogens is 339 g/mol. The van der Waals surface area contributed by atoms with Gasteiger partial charge in [-0.1, -0.05) is 0 Å². The van der Waals surface area contributed by atoms with Crippen LogP contribution in [0.25, 0.3) is 0 Å². The van der Waals surface area contributed by atoms with Gasteiger partial charge in [-0.2, -0.15) is 0 Å². The number of likely N-dealkylation sites (N-methyl/N-ethyl adjacent to an activating group) is 1. The lowest BCUT2D eigenvalue weighted by atomic mass is 9.99. The predicted molar refractivity (Wildman–Crippen MR) is 81.8 cm³/mol. The average Bonchev–Trinajstić information content (AvgIpc) is 2.33. The van der Waals surface area contributed by atoms with Gasteiger partial charge in [-0.05, 0) is 67.8 Å². The first-order valence-electron chi connectivity index (χ1n) is 6.16. The predicted octanol–water partition coefficient (Wildman–Crippen LogP) is 2.46. The van der Waals surface area contributed by atoms with Gasteiger partial charge < -0.3 is 4.90 Å². The third kappa shape index (κ3) is 2.85. The average molecular weight is 358 g/mol. The second-order valence-corrected chi connectivity index (χ2v) is 6.71. The van der Waals surface area contributed by atoms with Crippen molar-refractivity contribution >= 4 is 28.5 Å². The summed E-state index contributed by atoms with van der Waals surface area (Å²) in [5.74, 6) is 0.146. The summed E-state index contributed by atoms with van der Waals surface area (Å²) >= 11 is 2.25. The highest BCUT2D eigenvalue weighted by atomic mass is 127. The Labute approximate surface area is 122 Å². The number of hydrogen-bond donors (Lipinski definition) is 0. The van der Waals surface area contributed by atoms with Gasteiger partial charge >= 0.3 is 0 Å². The number of piperazine rings is 1. The quantitative estimate of drug-likeness (QED) is 0.720. The van der Waals surface area contributed by atoms with Gasteiger partial charge in [-0.25, -0.2) is 0 Å². The Hall–Kier alpha value is -0.620. The van der Waals surface area contributed by atoms with E-state index in [9.17, 15) is 4.79 Å². The molecule has 4 heteroatoms. The molecule has 0 unspecified atom stereocenters. The minimum absolute atomic E-state index is 0.0527. The molecule has 1 saturated heterocycles. The van der Waals surface area contributed by atoms with Crippen molar-refractivity contribution in [1.82, 2.24) is 9.80 Å². The summed E-state index contributed by atoms with van der Waals surface area (Å²) in [4.78, 5) is 16.7. The van der Waals surface area contributed by atoms with Gasteiger partial charge in [-0.3, -0.25) is 9.69 Å². The summed E-state index contributed by atoms with van der Waals surface area (Å²) in [6.45, 7) is 6.89. The van der Waals surface area contributed by atoms with Crippen LogP contribution in [0, 0.1) is 3.57 Å². The second kappa shape index (κ2) is 5.17. The molecule has 2 rings (SSSR count). The summed E-state index contributed by atoms with van der Waals surface area (Å²) < 4.78 is 1.16. The Morgan fingerprint density at radius 1 is 1.22 bits per heavy atom. The summed E-state index contributed by atoms with van der Waals surface area (Å²) in [7, 11) is 2.12. The molecule has 3 nitrogen and oxygen atoms in total. The number of hydrogen-bond acceptors (Lipinski definition) is 2. The minimum atomic E-state index is 0.0527. The lowest BCUT2D eigenvalue weighted by Crippen LogP contribution is -2.58. The Bertz CT molecular complexity index is 442. The van der Waals surface area contributed by atoms with Crippen LogP contribution in [-0.4, -0.2) is 47.9 Å². The standard InChI is InChI=1S/C14H19IN2O/c1-14(2)10-17(9-8-16(14)3)13(18)11-4-6-12(15)7-5-11/h4-7H,8-10H2,1-3H3. The highest BCUT2D eigenvalue weighted by Gasteiger charge is 2.33. The fourth-order valence-electron chi connectivity index (χ4n) is 2.19. The van der Waals surface area contributed by atoms with E-state index in [2.05, 4.69) is 48.4 Å². The van der Waals surface area contributed by atoms with Crippen LogP contribution in [0.1, 0.15) is 24.2 Å². The molecule has 98 valence electrons. The van der Waals surface area contributed by atoms with Crippen LogP contribution in [0.2, 0.25) is 0 Å². The van der Waals surface area contributed by atoms with Gasteiger partial charge in [0.2, 0.25) is 0 Å². The normalized spacial score (nSPS) is 19.9. The van der Waals surface area contributed by atoms with E-state index in [1.165, 1.54) is 0 Å². The van der Waals surface area contributed by atoms with Gasteiger partial charge in [0.25, 0.3) is 5.91 Å². The maximum Gasteiger partial charge on any atom is 0.253 e. The Balaban J connectivity index is 2.13. The monoisotopic (exact) mass is 358 g/mol. The van der Waals surface area contributed by atoms with Crippen LogP contribution in [0.3, 0.4) is 0 Å². The van der Waals surface area contributed by atoms with Gasteiger partial charge in [-0.15, -0.1) is 0 Å². The molecule has 1 fully saturated rings. The largest absolute Gasteiger partial charge is 0.336 e. The van der Waals surface area contributed by atoms with Crippen LogP contribution >= 0.6 is 22.6 Å². The van der Waals surface area contributed by atoms with Gasteiger partial charge in [0.05, 0.1) is 0 Å². The molecule has 1 aliphatic rings. The second-order valence-electron chi connectivity index (χ2n) is 5.47. The zero-order valence-electron chi connectivity index (χ0n) is 11.1. The van der Waals surface area contributed by atoms with Crippen LogP contribution in [0.4, 0.5) is 0 Å². The molecule has 0 aromatic heterocycles. The number of nitrogens with zero attached hydrogens (tertiary/aromatic N) is 2. The fraction of sp³-hybridized carbons (Fsp3) is 0.500. The highest BCUT2D eigenvalue weighted by Crippen LogP contribution is 2.20. The number of amides is 1. The van der Waals surface area contributed by atoms with E-state index >= 15 is 0 Å². The van der Waals surface area contributed by atoms with Crippen LogP contribution < -0.4 is 0 Å². The molecular formula is C14H19IN2O. The molecule has 0 N–H and O–H groups in total. The first-order valence-corrected chi connectivity index (χ1v) is 7.24. The van der Waals surface area contributed by atoms with Gasteiger partial charge in [0.1, 0.15) is 0 Å². The topological polar surface area (TPSA) is 23.6 Å². The molecule has 1 aromatic rings. The molecule has 0 radical (unpaired) electrons. The van der Waals surface area contributed by atoms with Gasteiger partial charge in [0, 0.05) is 34.3 Å². The zero-order valence-corrected chi connectivity index (χ0v) is 13.3. The first-order chi connectivity index (χ1) is 8.40. The zero-order chi connectivity index (χ0) is 13.3. The number of carbonyl (C=O) groups excluding carboxylic acids is 1. The number of halogens is 1. The fourth-order valence-corrected chi connectivity index (χ4v) is 2.55. The van der Waals surface area contributed by atoms with Crippen LogP contribution in [-0.2, 0) is 0 Å². The molecule has 0 aliphatic carbocycles. The number of rotatable bonds is 1. The lowest BCUT2D eigenvalue weighted by molar-refractivity contribution is 0.0311. The lowest BCUT2D eigenvalue weighted by Gasteiger charge is -2.45. The Morgan fingerprint density at radius 3 is 2.39 bits per heavy atom. The molecule has 1 amide bonds. The van der Waals surface area contributed by atoms with Crippen molar-refractivity contribution in [2.75, 3.05) is 26.7 Å². The van der Waals surface area contributed by atoms with E-state index < -0.39 is 0 Å². The minimum Gasteiger partial charge on any atom is -0.336 e. The van der Waals surface area contributed by atoms with Crippen molar-refractivity contribution < 1.29 is 4.79 Å². The van der Waals surface area contributed by atoms with E-state index in [1.807, 2.05) is 29.2 Å². The van der Waals surface area contributed by atoms with Crippen LogP contribution in [0.15, 0.2) is 24.3 Å². The highest BCUT2D eigenvalue weighted by molar-refractivity contribution is 14.1.